The molecular weight excluding hydrogens is 312 g/mol. The Morgan fingerprint density at radius 2 is 1.64 bits per heavy atom. The highest BCUT2D eigenvalue weighted by molar-refractivity contribution is 5.72. The third-order valence-electron chi connectivity index (χ3n) is 3.62. The summed E-state index contributed by atoms with van der Waals surface area (Å²) in [6, 6.07) is 21.2. The molecule has 3 aromatic rings. The molecule has 1 aromatic heterocycles. The van der Waals surface area contributed by atoms with Gasteiger partial charge in [0.15, 0.2) is 0 Å². The van der Waals surface area contributed by atoms with Crippen LogP contribution in [0.25, 0.3) is 0 Å². The molecule has 0 aliphatic heterocycles. The Bertz CT molecular complexity index is 884. The highest BCUT2D eigenvalue weighted by Crippen LogP contribution is 2.28. The molecule has 0 radical (unpaired) electrons. The van der Waals surface area contributed by atoms with Crippen LogP contribution in [0.1, 0.15) is 5.56 Å². The highest BCUT2D eigenvalue weighted by Gasteiger charge is 2.11. The van der Waals surface area contributed by atoms with Crippen LogP contribution in [-0.2, 0) is 0 Å². The number of benzene rings is 2. The van der Waals surface area contributed by atoms with Crippen molar-refractivity contribution in [1.82, 2.24) is 4.98 Å². The van der Waals surface area contributed by atoms with Gasteiger partial charge in [-0.05, 0) is 42.5 Å². The molecule has 0 spiro atoms. The molecule has 5 heteroatoms. The fraction of sp³-hybridized carbons (Fsp3) is 0.100. The van der Waals surface area contributed by atoms with Crippen molar-refractivity contribution in [2.75, 3.05) is 24.3 Å². The van der Waals surface area contributed by atoms with E-state index >= 15 is 0 Å². The second-order valence-electron chi connectivity index (χ2n) is 5.62. The second kappa shape index (κ2) is 7.37. The topological polar surface area (TPSA) is 61.2 Å². The predicted molar refractivity (Wildman–Crippen MR) is 99.5 cm³/mol. The molecule has 0 atom stereocenters. The molecule has 0 bridgehead atoms. The van der Waals surface area contributed by atoms with Crippen molar-refractivity contribution in [1.29, 1.82) is 5.26 Å². The number of hydrogen-bond donors (Lipinski definition) is 1. The van der Waals surface area contributed by atoms with Gasteiger partial charge in [0.1, 0.15) is 28.9 Å². The highest BCUT2D eigenvalue weighted by atomic mass is 16.5. The number of para-hydroxylation sites is 1. The van der Waals surface area contributed by atoms with Crippen LogP contribution in [0, 0.1) is 11.3 Å². The molecule has 0 saturated heterocycles. The van der Waals surface area contributed by atoms with E-state index < -0.39 is 0 Å². The molecular formula is C20H18N4O. The standard InChI is InChI=1S/C20H18N4O/c1-24(2)19-12-13-22-20(18(19)14-21)23-15-8-10-17(11-9-15)25-16-6-4-3-5-7-16/h3-13H,1-2H3,(H,22,23). The zero-order chi connectivity index (χ0) is 17.6. The van der Waals surface area contributed by atoms with Crippen molar-refractivity contribution in [3.05, 3.63) is 72.4 Å². The summed E-state index contributed by atoms with van der Waals surface area (Å²) in [6.07, 6.45) is 1.69. The molecule has 1 heterocycles. The van der Waals surface area contributed by atoms with Crippen LogP contribution in [0.4, 0.5) is 17.2 Å². The Kier molecular flexibility index (Phi) is 4.82. The van der Waals surface area contributed by atoms with Gasteiger partial charge in [0, 0.05) is 26.0 Å². The lowest BCUT2D eigenvalue weighted by Gasteiger charge is -2.16. The summed E-state index contributed by atoms with van der Waals surface area (Å²) in [5, 5.41) is 12.7. The molecule has 0 unspecified atom stereocenters. The summed E-state index contributed by atoms with van der Waals surface area (Å²) in [5.74, 6) is 2.06. The Balaban J connectivity index is 1.78. The first kappa shape index (κ1) is 16.3. The monoisotopic (exact) mass is 330 g/mol. The van der Waals surface area contributed by atoms with Crippen LogP contribution in [0.2, 0.25) is 0 Å². The molecule has 0 fully saturated rings. The van der Waals surface area contributed by atoms with E-state index in [4.69, 9.17) is 4.74 Å². The van der Waals surface area contributed by atoms with Crippen LogP contribution in [0.5, 0.6) is 11.5 Å². The van der Waals surface area contributed by atoms with E-state index in [9.17, 15) is 5.26 Å². The first-order valence-corrected chi connectivity index (χ1v) is 7.84. The van der Waals surface area contributed by atoms with Crippen LogP contribution in [0.3, 0.4) is 0 Å². The lowest BCUT2D eigenvalue weighted by atomic mass is 10.2. The maximum atomic E-state index is 9.46. The Morgan fingerprint density at radius 3 is 2.28 bits per heavy atom. The minimum Gasteiger partial charge on any atom is -0.457 e. The van der Waals surface area contributed by atoms with Crippen molar-refractivity contribution >= 4 is 17.2 Å². The fourth-order valence-electron chi connectivity index (χ4n) is 2.40. The zero-order valence-corrected chi connectivity index (χ0v) is 14.1. The van der Waals surface area contributed by atoms with Gasteiger partial charge in [-0.15, -0.1) is 0 Å². The summed E-state index contributed by atoms with van der Waals surface area (Å²) < 4.78 is 5.78. The van der Waals surface area contributed by atoms with Crippen LogP contribution in [-0.4, -0.2) is 19.1 Å². The predicted octanol–water partition coefficient (Wildman–Crippen LogP) is 4.56. The summed E-state index contributed by atoms with van der Waals surface area (Å²) in [6.45, 7) is 0. The molecule has 124 valence electrons. The minimum absolute atomic E-state index is 0.511. The third-order valence-corrected chi connectivity index (χ3v) is 3.62. The van der Waals surface area contributed by atoms with Gasteiger partial charge >= 0.3 is 0 Å². The summed E-state index contributed by atoms with van der Waals surface area (Å²) in [4.78, 5) is 6.18. The minimum atomic E-state index is 0.511. The number of hydrogen-bond acceptors (Lipinski definition) is 5. The molecule has 3 rings (SSSR count). The van der Waals surface area contributed by atoms with Gasteiger partial charge in [0.2, 0.25) is 0 Å². The van der Waals surface area contributed by atoms with Crippen molar-refractivity contribution in [2.24, 2.45) is 0 Å². The van der Waals surface area contributed by atoms with Crippen molar-refractivity contribution in [3.63, 3.8) is 0 Å². The van der Waals surface area contributed by atoms with Crippen LogP contribution in [0.15, 0.2) is 66.9 Å². The van der Waals surface area contributed by atoms with Gasteiger partial charge in [0.05, 0.1) is 5.69 Å². The van der Waals surface area contributed by atoms with Crippen molar-refractivity contribution in [3.8, 4) is 17.6 Å². The number of rotatable bonds is 5. The lowest BCUT2D eigenvalue weighted by Crippen LogP contribution is -2.12. The van der Waals surface area contributed by atoms with Gasteiger partial charge in [0.25, 0.3) is 0 Å². The average molecular weight is 330 g/mol. The largest absolute Gasteiger partial charge is 0.457 e. The molecule has 2 aromatic carbocycles. The van der Waals surface area contributed by atoms with E-state index in [0.29, 0.717) is 11.4 Å². The maximum absolute atomic E-state index is 9.46. The second-order valence-corrected chi connectivity index (χ2v) is 5.62. The first-order chi connectivity index (χ1) is 12.2. The number of nitrogens with zero attached hydrogens (tertiary/aromatic N) is 3. The normalized spacial score (nSPS) is 9.96. The summed E-state index contributed by atoms with van der Waals surface area (Å²) in [7, 11) is 3.80. The van der Waals surface area contributed by atoms with Gasteiger partial charge in [-0.2, -0.15) is 5.26 Å². The summed E-state index contributed by atoms with van der Waals surface area (Å²) >= 11 is 0. The van der Waals surface area contributed by atoms with Gasteiger partial charge < -0.3 is 15.0 Å². The van der Waals surface area contributed by atoms with Gasteiger partial charge in [-0.3, -0.25) is 0 Å². The van der Waals surface area contributed by atoms with Crippen LogP contribution < -0.4 is 15.0 Å². The lowest BCUT2D eigenvalue weighted by molar-refractivity contribution is 0.483. The molecule has 5 nitrogen and oxygen atoms in total. The third kappa shape index (κ3) is 3.88. The average Bonchev–Trinajstić information content (AvgIpc) is 2.64. The first-order valence-electron chi connectivity index (χ1n) is 7.84. The molecule has 0 aliphatic rings. The quantitative estimate of drug-likeness (QED) is 0.743. The number of aromatic nitrogens is 1. The SMILES string of the molecule is CN(C)c1ccnc(Nc2ccc(Oc3ccccc3)cc2)c1C#N. The molecule has 1 N–H and O–H groups in total. The number of pyridine rings is 1. The Labute approximate surface area is 147 Å². The van der Waals surface area contributed by atoms with E-state index in [0.717, 1.165) is 22.9 Å². The Hall–Kier alpha value is -3.52. The Morgan fingerprint density at radius 1 is 0.960 bits per heavy atom. The van der Waals surface area contributed by atoms with Crippen LogP contribution >= 0.6 is 0 Å². The van der Waals surface area contributed by atoms with Gasteiger partial charge in [-0.1, -0.05) is 18.2 Å². The van der Waals surface area contributed by atoms with E-state index in [1.54, 1.807) is 6.20 Å². The molecule has 0 saturated carbocycles. The maximum Gasteiger partial charge on any atom is 0.150 e. The van der Waals surface area contributed by atoms with Crippen molar-refractivity contribution in [2.45, 2.75) is 0 Å². The summed E-state index contributed by atoms with van der Waals surface area (Å²) in [5.41, 5.74) is 2.17. The molecule has 0 aliphatic carbocycles. The number of nitriles is 1. The fourth-order valence-corrected chi connectivity index (χ4v) is 2.40. The zero-order valence-electron chi connectivity index (χ0n) is 14.1. The molecule has 25 heavy (non-hydrogen) atoms. The number of nitrogens with one attached hydrogen (secondary N) is 1. The number of ether oxygens (including phenoxy) is 1. The van der Waals surface area contributed by atoms with E-state index in [1.165, 1.54) is 0 Å². The van der Waals surface area contributed by atoms with E-state index in [2.05, 4.69) is 16.4 Å². The molecule has 0 amide bonds. The smallest absolute Gasteiger partial charge is 0.150 e. The van der Waals surface area contributed by atoms with Crippen molar-refractivity contribution < 1.29 is 4.74 Å². The van der Waals surface area contributed by atoms with Gasteiger partial charge in [-0.25, -0.2) is 4.98 Å². The van der Waals surface area contributed by atoms with E-state index in [1.807, 2.05) is 79.7 Å². The van der Waals surface area contributed by atoms with E-state index in [-0.39, 0.29) is 0 Å². The number of anilines is 3.